The quantitative estimate of drug-likeness (QED) is 0.425. The van der Waals surface area contributed by atoms with Gasteiger partial charge in [0.05, 0.1) is 11.9 Å². The Labute approximate surface area is 180 Å². The molecular weight excluding hydrogens is 392 g/mol. The van der Waals surface area contributed by atoms with E-state index < -0.39 is 12.0 Å². The highest BCUT2D eigenvalue weighted by Crippen LogP contribution is 2.26. The number of carboxylic acid groups (broad SMARTS) is 1. The van der Waals surface area contributed by atoms with Crippen molar-refractivity contribution in [1.82, 2.24) is 14.6 Å². The molecule has 4 aromatic rings. The van der Waals surface area contributed by atoms with Crippen molar-refractivity contribution in [2.75, 3.05) is 24.3 Å². The molecule has 0 bridgehead atoms. The third kappa shape index (κ3) is 4.49. The van der Waals surface area contributed by atoms with Crippen LogP contribution < -0.4 is 16.0 Å². The number of nitrogens with one attached hydrogen (secondary N) is 1. The molecule has 2 heterocycles. The van der Waals surface area contributed by atoms with Crippen molar-refractivity contribution in [2.45, 2.75) is 12.5 Å². The van der Waals surface area contributed by atoms with Gasteiger partial charge in [-0.3, -0.25) is 4.79 Å². The summed E-state index contributed by atoms with van der Waals surface area (Å²) in [6.45, 7) is 0. The number of aliphatic carboxylic acids is 1. The van der Waals surface area contributed by atoms with Gasteiger partial charge in [-0.15, -0.1) is 0 Å². The average Bonchev–Trinajstić information content (AvgIpc) is 3.23. The topological polar surface area (TPSA) is 109 Å². The van der Waals surface area contributed by atoms with Crippen LogP contribution in [0.4, 0.5) is 17.2 Å². The minimum Gasteiger partial charge on any atom is -0.480 e. The minimum absolute atomic E-state index is 0.278. The lowest BCUT2D eigenvalue weighted by atomic mass is 10.0. The lowest BCUT2D eigenvalue weighted by Crippen LogP contribution is -2.32. The fraction of sp³-hybridized carbons (Fsp3) is 0.174. The predicted molar refractivity (Wildman–Crippen MR) is 122 cm³/mol. The summed E-state index contributed by atoms with van der Waals surface area (Å²) >= 11 is 0. The Balaban J connectivity index is 1.66. The summed E-state index contributed by atoms with van der Waals surface area (Å²) in [5.74, 6) is -0.219. The number of carboxylic acids is 1. The van der Waals surface area contributed by atoms with Crippen LogP contribution in [0.5, 0.6) is 0 Å². The van der Waals surface area contributed by atoms with E-state index in [0.717, 1.165) is 39.7 Å². The lowest BCUT2D eigenvalue weighted by molar-refractivity contribution is -0.138. The Morgan fingerprint density at radius 2 is 1.94 bits per heavy atom. The zero-order chi connectivity index (χ0) is 22.0. The Morgan fingerprint density at radius 1 is 1.16 bits per heavy atom. The van der Waals surface area contributed by atoms with Crippen LogP contribution in [0.3, 0.4) is 0 Å². The second kappa shape index (κ2) is 8.45. The Morgan fingerprint density at radius 3 is 2.65 bits per heavy atom. The average molecular weight is 416 g/mol. The molecule has 0 spiro atoms. The van der Waals surface area contributed by atoms with Crippen molar-refractivity contribution in [2.24, 2.45) is 5.73 Å². The van der Waals surface area contributed by atoms with Gasteiger partial charge in [0.2, 0.25) is 0 Å². The number of rotatable bonds is 7. The fourth-order valence-electron chi connectivity index (χ4n) is 3.31. The van der Waals surface area contributed by atoms with E-state index >= 15 is 0 Å². The lowest BCUT2D eigenvalue weighted by Gasteiger charge is -2.15. The molecule has 31 heavy (non-hydrogen) atoms. The third-order valence-corrected chi connectivity index (χ3v) is 5.02. The van der Waals surface area contributed by atoms with Gasteiger partial charge in [-0.25, -0.2) is 4.98 Å². The van der Waals surface area contributed by atoms with E-state index in [-0.39, 0.29) is 6.42 Å². The highest BCUT2D eigenvalue weighted by molar-refractivity contribution is 5.74. The van der Waals surface area contributed by atoms with E-state index in [4.69, 9.17) is 15.8 Å². The van der Waals surface area contributed by atoms with Gasteiger partial charge in [0.1, 0.15) is 11.9 Å². The second-order valence-corrected chi connectivity index (χ2v) is 7.54. The van der Waals surface area contributed by atoms with Crippen molar-refractivity contribution in [1.29, 1.82) is 0 Å². The fourth-order valence-corrected chi connectivity index (χ4v) is 3.31. The van der Waals surface area contributed by atoms with Crippen LogP contribution in [0.1, 0.15) is 5.56 Å². The molecule has 0 radical (unpaired) electrons. The van der Waals surface area contributed by atoms with E-state index in [0.29, 0.717) is 0 Å². The molecule has 0 amide bonds. The molecule has 1 atom stereocenters. The van der Waals surface area contributed by atoms with Gasteiger partial charge in [-0.05, 0) is 30.2 Å². The monoisotopic (exact) mass is 416 g/mol. The highest BCUT2D eigenvalue weighted by atomic mass is 16.4. The minimum atomic E-state index is -1.01. The van der Waals surface area contributed by atoms with Crippen LogP contribution in [0.2, 0.25) is 0 Å². The molecule has 8 nitrogen and oxygen atoms in total. The van der Waals surface area contributed by atoms with Crippen molar-refractivity contribution in [3.05, 3.63) is 72.4 Å². The third-order valence-electron chi connectivity index (χ3n) is 5.02. The molecule has 8 heteroatoms. The Bertz CT molecular complexity index is 1220. The van der Waals surface area contributed by atoms with Gasteiger partial charge in [0, 0.05) is 43.2 Å². The van der Waals surface area contributed by atoms with Crippen LogP contribution in [0.15, 0.2) is 66.9 Å². The first-order valence-electron chi connectivity index (χ1n) is 9.87. The maximum atomic E-state index is 11.0. The number of fused-ring (bicyclic) bond motifs is 1. The summed E-state index contributed by atoms with van der Waals surface area (Å²) in [4.78, 5) is 17.7. The number of nitrogens with zero attached hydrogens (tertiary/aromatic N) is 4. The van der Waals surface area contributed by atoms with Crippen LogP contribution >= 0.6 is 0 Å². The van der Waals surface area contributed by atoms with Crippen LogP contribution in [0.25, 0.3) is 16.9 Å². The molecule has 2 aromatic carbocycles. The molecule has 1 unspecified atom stereocenters. The number of aromatic nitrogens is 3. The van der Waals surface area contributed by atoms with Gasteiger partial charge in [-0.2, -0.15) is 9.61 Å². The highest BCUT2D eigenvalue weighted by Gasteiger charge is 2.13. The number of hydrogen-bond acceptors (Lipinski definition) is 6. The van der Waals surface area contributed by atoms with Crippen molar-refractivity contribution in [3.8, 4) is 11.3 Å². The summed E-state index contributed by atoms with van der Waals surface area (Å²) in [6.07, 6.45) is 1.99. The molecule has 4 N–H and O–H groups in total. The van der Waals surface area contributed by atoms with Crippen molar-refractivity contribution in [3.63, 3.8) is 0 Å². The number of carbonyl (C=O) groups is 1. The first kappa shape index (κ1) is 20.4. The normalized spacial score (nSPS) is 12.0. The molecule has 0 aliphatic heterocycles. The zero-order valence-corrected chi connectivity index (χ0v) is 17.4. The molecular formula is C23H24N6O2. The number of nitrogens with two attached hydrogens (primary N) is 1. The van der Waals surface area contributed by atoms with Crippen LogP contribution in [-0.2, 0) is 11.2 Å². The molecule has 0 saturated heterocycles. The molecule has 158 valence electrons. The SMILES string of the molecule is CN(C)c1cccc(Nc2cc(-c3ccc(CC(N)C(=O)O)cc3)nc3ccnn23)c1. The molecule has 0 fully saturated rings. The van der Waals surface area contributed by atoms with Crippen LogP contribution in [-0.4, -0.2) is 45.8 Å². The summed E-state index contributed by atoms with van der Waals surface area (Å²) in [5.41, 5.74) is 11.0. The second-order valence-electron chi connectivity index (χ2n) is 7.54. The zero-order valence-electron chi connectivity index (χ0n) is 17.4. The van der Waals surface area contributed by atoms with Gasteiger partial charge in [0.25, 0.3) is 0 Å². The first-order valence-corrected chi connectivity index (χ1v) is 9.87. The summed E-state index contributed by atoms with van der Waals surface area (Å²) < 4.78 is 1.76. The van der Waals surface area contributed by atoms with Crippen LogP contribution in [0, 0.1) is 0 Å². The van der Waals surface area contributed by atoms with Gasteiger partial charge < -0.3 is 21.1 Å². The molecule has 4 rings (SSSR count). The van der Waals surface area contributed by atoms with Crippen molar-refractivity contribution < 1.29 is 9.90 Å². The van der Waals surface area contributed by atoms with E-state index in [1.165, 1.54) is 0 Å². The smallest absolute Gasteiger partial charge is 0.320 e. The predicted octanol–water partition coefficient (Wildman–Crippen LogP) is 3.16. The first-order chi connectivity index (χ1) is 14.9. The van der Waals surface area contributed by atoms with E-state index in [1.807, 2.05) is 73.6 Å². The molecule has 0 saturated carbocycles. The maximum absolute atomic E-state index is 11.0. The molecule has 0 aliphatic rings. The Kier molecular flexibility index (Phi) is 5.55. The number of hydrogen-bond donors (Lipinski definition) is 3. The molecule has 2 aromatic heterocycles. The van der Waals surface area contributed by atoms with Crippen molar-refractivity contribution >= 4 is 28.8 Å². The summed E-state index contributed by atoms with van der Waals surface area (Å²) in [5, 5.41) is 16.8. The Hall–Kier alpha value is -3.91. The number of anilines is 3. The summed E-state index contributed by atoms with van der Waals surface area (Å²) in [6, 6.07) is 18.6. The van der Waals surface area contributed by atoms with E-state index in [1.54, 1.807) is 10.7 Å². The standard InChI is InChI=1S/C23H24N6O2/c1-28(2)18-5-3-4-17(13-18)26-22-14-20(27-21-10-11-25-29(21)22)16-8-6-15(7-9-16)12-19(24)23(30)31/h3-11,13-14,19,26H,12,24H2,1-2H3,(H,30,31). The summed E-state index contributed by atoms with van der Waals surface area (Å²) in [7, 11) is 4.00. The van der Waals surface area contributed by atoms with Gasteiger partial charge in [-0.1, -0.05) is 30.3 Å². The molecule has 0 aliphatic carbocycles. The van der Waals surface area contributed by atoms with E-state index in [2.05, 4.69) is 16.5 Å². The van der Waals surface area contributed by atoms with Gasteiger partial charge >= 0.3 is 5.97 Å². The largest absolute Gasteiger partial charge is 0.480 e. The van der Waals surface area contributed by atoms with Gasteiger partial charge in [0.15, 0.2) is 5.65 Å². The number of benzene rings is 2. The maximum Gasteiger partial charge on any atom is 0.320 e. The van der Waals surface area contributed by atoms with E-state index in [9.17, 15) is 4.79 Å².